The normalized spacial score (nSPS) is 10.1. The molecule has 8 heteroatoms. The van der Waals surface area contributed by atoms with Crippen LogP contribution in [-0.2, 0) is 0 Å². The summed E-state index contributed by atoms with van der Waals surface area (Å²) in [6.45, 7) is 0. The van der Waals surface area contributed by atoms with Crippen molar-refractivity contribution in [3.63, 3.8) is 0 Å². The Balaban J connectivity index is 3.47. The average molecular weight is 217 g/mol. The second-order valence-electron chi connectivity index (χ2n) is 2.40. The molecule has 1 heterocycles. The van der Waals surface area contributed by atoms with Gasteiger partial charge in [0.05, 0.1) is 0 Å². The Kier molecular flexibility index (Phi) is 2.85. The van der Waals surface area contributed by atoms with Crippen LogP contribution in [0, 0.1) is 27.3 Å². The SMILES string of the molecule is N#Cc1cc(C(F)F)nc([N+](=O)[O-])c1F. The van der Waals surface area contributed by atoms with Gasteiger partial charge >= 0.3 is 12.2 Å². The van der Waals surface area contributed by atoms with Crippen LogP contribution in [0.1, 0.15) is 17.7 Å². The second kappa shape index (κ2) is 3.91. The molecule has 0 aliphatic carbocycles. The number of alkyl halides is 2. The lowest BCUT2D eigenvalue weighted by molar-refractivity contribution is -0.392. The van der Waals surface area contributed by atoms with Gasteiger partial charge in [0.15, 0.2) is 0 Å². The van der Waals surface area contributed by atoms with E-state index in [1.807, 2.05) is 0 Å². The Morgan fingerprint density at radius 3 is 2.60 bits per heavy atom. The summed E-state index contributed by atoms with van der Waals surface area (Å²) >= 11 is 0. The number of pyridine rings is 1. The van der Waals surface area contributed by atoms with E-state index in [-0.39, 0.29) is 0 Å². The fourth-order valence-corrected chi connectivity index (χ4v) is 0.849. The minimum atomic E-state index is -3.10. The maximum Gasteiger partial charge on any atom is 0.401 e. The Bertz CT molecular complexity index is 456. The lowest BCUT2D eigenvalue weighted by Crippen LogP contribution is -2.03. The van der Waals surface area contributed by atoms with Gasteiger partial charge in [-0.2, -0.15) is 9.65 Å². The average Bonchev–Trinajstić information content (AvgIpc) is 2.17. The number of halogens is 3. The molecule has 0 saturated carbocycles. The maximum atomic E-state index is 13.0. The van der Waals surface area contributed by atoms with E-state index in [0.29, 0.717) is 6.07 Å². The number of aromatic nitrogens is 1. The Hall–Kier alpha value is -2.17. The number of nitrogens with zero attached hydrogens (tertiary/aromatic N) is 3. The van der Waals surface area contributed by atoms with Gasteiger partial charge in [-0.15, -0.1) is 0 Å². The van der Waals surface area contributed by atoms with Crippen molar-refractivity contribution in [2.24, 2.45) is 0 Å². The standard InChI is InChI=1S/C7H2F3N3O2/c8-5-3(2-11)1-4(6(9)10)12-7(5)13(14)15/h1,6H. The van der Waals surface area contributed by atoms with Gasteiger partial charge in [-0.3, -0.25) is 0 Å². The first-order valence-corrected chi connectivity index (χ1v) is 3.50. The summed E-state index contributed by atoms with van der Waals surface area (Å²) in [7, 11) is 0. The van der Waals surface area contributed by atoms with Crippen LogP contribution in [0.5, 0.6) is 0 Å². The molecule has 1 rings (SSSR count). The fraction of sp³-hybridized carbons (Fsp3) is 0.143. The minimum Gasteiger partial charge on any atom is -0.358 e. The number of nitriles is 1. The third-order valence-electron chi connectivity index (χ3n) is 1.48. The predicted octanol–water partition coefficient (Wildman–Crippen LogP) is 1.94. The first-order valence-electron chi connectivity index (χ1n) is 3.50. The molecule has 1 aromatic heterocycles. The van der Waals surface area contributed by atoms with Crippen LogP contribution in [0.25, 0.3) is 0 Å². The quantitative estimate of drug-likeness (QED) is 0.560. The molecule has 0 spiro atoms. The monoisotopic (exact) mass is 217 g/mol. The van der Waals surface area contributed by atoms with E-state index in [0.717, 1.165) is 0 Å². The number of hydrogen-bond donors (Lipinski definition) is 0. The fourth-order valence-electron chi connectivity index (χ4n) is 0.849. The van der Waals surface area contributed by atoms with Gasteiger partial charge in [0.1, 0.15) is 11.6 Å². The molecule has 0 unspecified atom stereocenters. The van der Waals surface area contributed by atoms with Gasteiger partial charge in [0, 0.05) is 6.07 Å². The Morgan fingerprint density at radius 2 is 2.20 bits per heavy atom. The molecule has 0 amide bonds. The van der Waals surface area contributed by atoms with Crippen LogP contribution in [0.15, 0.2) is 6.07 Å². The molecule has 1 aromatic rings. The van der Waals surface area contributed by atoms with Crippen LogP contribution in [0.4, 0.5) is 19.0 Å². The molecule has 0 aromatic carbocycles. The third-order valence-corrected chi connectivity index (χ3v) is 1.48. The topological polar surface area (TPSA) is 79.8 Å². The van der Waals surface area contributed by atoms with Crippen molar-refractivity contribution in [1.29, 1.82) is 5.26 Å². The molecule has 0 N–H and O–H groups in total. The van der Waals surface area contributed by atoms with Crippen molar-refractivity contribution in [1.82, 2.24) is 4.98 Å². The molecule has 0 fully saturated rings. The molecular formula is C7H2F3N3O2. The first kappa shape index (κ1) is 10.9. The van der Waals surface area contributed by atoms with Crippen LogP contribution >= 0.6 is 0 Å². The zero-order valence-corrected chi connectivity index (χ0v) is 6.95. The van der Waals surface area contributed by atoms with E-state index in [1.54, 1.807) is 0 Å². The van der Waals surface area contributed by atoms with Gasteiger partial charge in [-0.25, -0.2) is 8.78 Å². The Labute approximate surface area is 80.9 Å². The highest BCUT2D eigenvalue weighted by molar-refractivity contribution is 5.39. The highest BCUT2D eigenvalue weighted by Gasteiger charge is 2.26. The molecular weight excluding hydrogens is 215 g/mol. The van der Waals surface area contributed by atoms with E-state index < -0.39 is 34.2 Å². The molecule has 0 aliphatic heterocycles. The molecule has 0 atom stereocenters. The molecule has 0 saturated heterocycles. The number of hydrogen-bond acceptors (Lipinski definition) is 4. The molecule has 5 nitrogen and oxygen atoms in total. The maximum absolute atomic E-state index is 13.0. The van der Waals surface area contributed by atoms with Crippen LogP contribution in [0.3, 0.4) is 0 Å². The predicted molar refractivity (Wildman–Crippen MR) is 40.5 cm³/mol. The summed E-state index contributed by atoms with van der Waals surface area (Å²) in [5, 5.41) is 18.6. The van der Waals surface area contributed by atoms with Gasteiger partial charge in [-0.05, 0) is 9.91 Å². The van der Waals surface area contributed by atoms with Crippen molar-refractivity contribution >= 4 is 5.82 Å². The van der Waals surface area contributed by atoms with Crippen LogP contribution in [-0.4, -0.2) is 9.91 Å². The summed E-state index contributed by atoms with van der Waals surface area (Å²) in [5.74, 6) is -2.88. The van der Waals surface area contributed by atoms with Crippen molar-refractivity contribution in [2.45, 2.75) is 6.43 Å². The number of rotatable bonds is 2. The highest BCUT2D eigenvalue weighted by Crippen LogP contribution is 2.24. The number of nitro groups is 1. The van der Waals surface area contributed by atoms with Crippen molar-refractivity contribution in [3.05, 3.63) is 33.3 Å². The van der Waals surface area contributed by atoms with E-state index in [4.69, 9.17) is 5.26 Å². The lowest BCUT2D eigenvalue weighted by Gasteiger charge is -1.98. The van der Waals surface area contributed by atoms with Gasteiger partial charge in [0.2, 0.25) is 11.5 Å². The lowest BCUT2D eigenvalue weighted by atomic mass is 10.2. The highest BCUT2D eigenvalue weighted by atomic mass is 19.3. The molecule has 78 valence electrons. The molecule has 0 aliphatic rings. The Morgan fingerprint density at radius 1 is 1.60 bits per heavy atom. The third kappa shape index (κ3) is 2.01. The van der Waals surface area contributed by atoms with Gasteiger partial charge in [-0.1, -0.05) is 0 Å². The van der Waals surface area contributed by atoms with Crippen molar-refractivity contribution in [2.75, 3.05) is 0 Å². The van der Waals surface area contributed by atoms with E-state index in [9.17, 15) is 23.3 Å². The molecule has 0 radical (unpaired) electrons. The summed E-state index contributed by atoms with van der Waals surface area (Å²) < 4.78 is 37.3. The first-order chi connectivity index (χ1) is 6.97. The zero-order chi connectivity index (χ0) is 11.6. The van der Waals surface area contributed by atoms with Crippen molar-refractivity contribution in [3.8, 4) is 6.07 Å². The zero-order valence-electron chi connectivity index (χ0n) is 6.95. The minimum absolute atomic E-state index is 0.479. The summed E-state index contributed by atoms with van der Waals surface area (Å²) in [6.07, 6.45) is -3.10. The van der Waals surface area contributed by atoms with Gasteiger partial charge in [0.25, 0.3) is 0 Å². The van der Waals surface area contributed by atoms with E-state index >= 15 is 0 Å². The summed E-state index contributed by atoms with van der Waals surface area (Å²) in [6, 6.07) is 1.71. The van der Waals surface area contributed by atoms with Crippen LogP contribution in [0.2, 0.25) is 0 Å². The van der Waals surface area contributed by atoms with E-state index in [2.05, 4.69) is 4.98 Å². The smallest absolute Gasteiger partial charge is 0.358 e. The molecule has 0 bridgehead atoms. The molecule has 15 heavy (non-hydrogen) atoms. The second-order valence-corrected chi connectivity index (χ2v) is 2.40. The van der Waals surface area contributed by atoms with E-state index in [1.165, 1.54) is 6.07 Å². The van der Waals surface area contributed by atoms with Crippen LogP contribution < -0.4 is 0 Å². The largest absolute Gasteiger partial charge is 0.401 e. The summed E-state index contributed by atoms with van der Waals surface area (Å²) in [5.41, 5.74) is -1.83. The van der Waals surface area contributed by atoms with Gasteiger partial charge < -0.3 is 10.1 Å². The van der Waals surface area contributed by atoms with Crippen molar-refractivity contribution < 1.29 is 18.1 Å². The summed E-state index contributed by atoms with van der Waals surface area (Å²) in [4.78, 5) is 11.8.